The molecule has 1 heterocycles. The lowest BCUT2D eigenvalue weighted by Gasteiger charge is -2.19. The molecule has 0 unspecified atom stereocenters. The second kappa shape index (κ2) is 6.39. The maximum absolute atomic E-state index is 5.73. The van der Waals surface area contributed by atoms with Crippen molar-refractivity contribution in [3.8, 4) is 6.01 Å². The van der Waals surface area contributed by atoms with Crippen LogP contribution in [0.5, 0.6) is 6.01 Å². The summed E-state index contributed by atoms with van der Waals surface area (Å²) in [5.41, 5.74) is 8.17. The number of ether oxygens (including phenoxy) is 1. The molecule has 0 aliphatic heterocycles. The Labute approximate surface area is 125 Å². The number of hydrogen-bond acceptors (Lipinski definition) is 6. The first-order chi connectivity index (χ1) is 9.95. The molecule has 0 saturated heterocycles. The molecule has 6 heteroatoms. The molecule has 0 spiro atoms. The Morgan fingerprint density at radius 2 is 1.90 bits per heavy atom. The molecular formula is C15H21N5O. The number of anilines is 2. The minimum absolute atomic E-state index is 0.0127. The molecule has 2 N–H and O–H groups in total. The number of aryl methyl sites for hydroxylation is 1. The summed E-state index contributed by atoms with van der Waals surface area (Å²) in [6.45, 7) is 6.60. The molecular weight excluding hydrogens is 266 g/mol. The SMILES string of the molecule is Cc1ccccc1CN(C)c1nc(N)nc(OC(C)C)n1. The largest absolute Gasteiger partial charge is 0.461 e. The average Bonchev–Trinajstić information content (AvgIpc) is 2.40. The van der Waals surface area contributed by atoms with Gasteiger partial charge in [0.25, 0.3) is 0 Å². The summed E-state index contributed by atoms with van der Waals surface area (Å²) in [6.07, 6.45) is -0.0127. The third kappa shape index (κ3) is 4.05. The molecule has 2 aromatic rings. The van der Waals surface area contributed by atoms with Crippen LogP contribution in [-0.2, 0) is 6.54 Å². The number of nitrogens with two attached hydrogens (primary N) is 1. The molecule has 6 nitrogen and oxygen atoms in total. The fraction of sp³-hybridized carbons (Fsp3) is 0.400. The Morgan fingerprint density at radius 1 is 1.19 bits per heavy atom. The van der Waals surface area contributed by atoms with E-state index in [1.54, 1.807) is 0 Å². The molecule has 2 rings (SSSR count). The summed E-state index contributed by atoms with van der Waals surface area (Å²) in [5, 5.41) is 0. The first-order valence-electron chi connectivity index (χ1n) is 6.89. The van der Waals surface area contributed by atoms with Crippen molar-refractivity contribution >= 4 is 11.9 Å². The first-order valence-corrected chi connectivity index (χ1v) is 6.89. The van der Waals surface area contributed by atoms with Crippen LogP contribution in [0.4, 0.5) is 11.9 Å². The third-order valence-electron chi connectivity index (χ3n) is 2.97. The van der Waals surface area contributed by atoms with Crippen molar-refractivity contribution in [3.63, 3.8) is 0 Å². The van der Waals surface area contributed by atoms with Crippen LogP contribution in [-0.4, -0.2) is 28.1 Å². The number of aromatic nitrogens is 3. The van der Waals surface area contributed by atoms with E-state index in [1.165, 1.54) is 11.1 Å². The van der Waals surface area contributed by atoms with Crippen molar-refractivity contribution in [1.29, 1.82) is 0 Å². The van der Waals surface area contributed by atoms with Gasteiger partial charge in [0.1, 0.15) is 0 Å². The average molecular weight is 287 g/mol. The molecule has 0 amide bonds. The maximum atomic E-state index is 5.73. The normalized spacial score (nSPS) is 10.7. The van der Waals surface area contributed by atoms with E-state index in [-0.39, 0.29) is 18.1 Å². The monoisotopic (exact) mass is 287 g/mol. The molecule has 0 atom stereocenters. The van der Waals surface area contributed by atoms with Gasteiger partial charge in [0.15, 0.2) is 0 Å². The highest BCUT2D eigenvalue weighted by atomic mass is 16.5. The predicted molar refractivity (Wildman–Crippen MR) is 83.3 cm³/mol. The first kappa shape index (κ1) is 15.0. The van der Waals surface area contributed by atoms with E-state index < -0.39 is 0 Å². The summed E-state index contributed by atoms with van der Waals surface area (Å²) in [5.74, 6) is 0.661. The molecule has 21 heavy (non-hydrogen) atoms. The number of rotatable bonds is 5. The van der Waals surface area contributed by atoms with Gasteiger partial charge in [0.05, 0.1) is 6.10 Å². The molecule has 0 radical (unpaired) electrons. The van der Waals surface area contributed by atoms with Gasteiger partial charge in [-0.3, -0.25) is 0 Å². The van der Waals surface area contributed by atoms with E-state index in [2.05, 4.69) is 34.0 Å². The lowest BCUT2D eigenvalue weighted by molar-refractivity contribution is 0.222. The number of hydrogen-bond donors (Lipinski definition) is 1. The Morgan fingerprint density at radius 3 is 2.57 bits per heavy atom. The van der Waals surface area contributed by atoms with E-state index in [9.17, 15) is 0 Å². The van der Waals surface area contributed by atoms with E-state index in [4.69, 9.17) is 10.5 Å². The van der Waals surface area contributed by atoms with Gasteiger partial charge in [-0.1, -0.05) is 24.3 Å². The van der Waals surface area contributed by atoms with E-state index >= 15 is 0 Å². The summed E-state index contributed by atoms with van der Waals surface area (Å²) < 4.78 is 5.49. The second-order valence-electron chi connectivity index (χ2n) is 5.23. The van der Waals surface area contributed by atoms with Crippen LogP contribution >= 0.6 is 0 Å². The molecule has 0 aliphatic carbocycles. The predicted octanol–water partition coefficient (Wildman–Crippen LogP) is 2.19. The zero-order valence-electron chi connectivity index (χ0n) is 12.9. The van der Waals surface area contributed by atoms with Crippen molar-refractivity contribution in [3.05, 3.63) is 35.4 Å². The van der Waals surface area contributed by atoms with E-state index in [0.717, 1.165) is 0 Å². The Balaban J connectivity index is 2.20. The van der Waals surface area contributed by atoms with Crippen molar-refractivity contribution in [1.82, 2.24) is 15.0 Å². The van der Waals surface area contributed by atoms with Gasteiger partial charge in [-0.2, -0.15) is 15.0 Å². The molecule has 112 valence electrons. The number of nitrogen functional groups attached to an aromatic ring is 1. The van der Waals surface area contributed by atoms with Crippen LogP contribution in [0.2, 0.25) is 0 Å². The molecule has 0 aliphatic rings. The number of nitrogens with zero attached hydrogens (tertiary/aromatic N) is 4. The molecule has 0 saturated carbocycles. The molecule has 1 aromatic carbocycles. The van der Waals surface area contributed by atoms with Gasteiger partial charge in [-0.25, -0.2) is 0 Å². The fourth-order valence-corrected chi connectivity index (χ4v) is 1.91. The van der Waals surface area contributed by atoms with Crippen LogP contribution in [0.1, 0.15) is 25.0 Å². The zero-order valence-corrected chi connectivity index (χ0v) is 12.9. The van der Waals surface area contributed by atoms with Crippen LogP contribution in [0, 0.1) is 6.92 Å². The highest BCUT2D eigenvalue weighted by Crippen LogP contribution is 2.17. The van der Waals surface area contributed by atoms with Gasteiger partial charge in [-0.05, 0) is 31.9 Å². The summed E-state index contributed by atoms with van der Waals surface area (Å²) >= 11 is 0. The van der Waals surface area contributed by atoms with Gasteiger partial charge in [0, 0.05) is 13.6 Å². The highest BCUT2D eigenvalue weighted by molar-refractivity contribution is 5.37. The second-order valence-corrected chi connectivity index (χ2v) is 5.23. The Hall–Kier alpha value is -2.37. The molecule has 0 fully saturated rings. The van der Waals surface area contributed by atoms with Crippen LogP contribution in [0.25, 0.3) is 0 Å². The van der Waals surface area contributed by atoms with Crippen molar-refractivity contribution in [2.75, 3.05) is 17.7 Å². The summed E-state index contributed by atoms with van der Waals surface area (Å²) in [6, 6.07) is 8.46. The number of benzene rings is 1. The van der Waals surface area contributed by atoms with Crippen molar-refractivity contribution in [2.45, 2.75) is 33.4 Å². The standard InChI is InChI=1S/C15H21N5O/c1-10(2)21-15-18-13(16)17-14(19-15)20(4)9-12-8-6-5-7-11(12)3/h5-8,10H,9H2,1-4H3,(H2,16,17,18,19). The van der Waals surface area contributed by atoms with Gasteiger partial charge >= 0.3 is 6.01 Å². The van der Waals surface area contributed by atoms with Gasteiger partial charge < -0.3 is 15.4 Å². The molecule has 0 bridgehead atoms. The zero-order chi connectivity index (χ0) is 15.4. The van der Waals surface area contributed by atoms with Crippen LogP contribution < -0.4 is 15.4 Å². The van der Waals surface area contributed by atoms with E-state index in [1.807, 2.05) is 37.9 Å². The fourth-order valence-electron chi connectivity index (χ4n) is 1.91. The third-order valence-corrected chi connectivity index (χ3v) is 2.97. The Bertz CT molecular complexity index is 615. The topological polar surface area (TPSA) is 77.2 Å². The maximum Gasteiger partial charge on any atom is 0.323 e. The summed E-state index contributed by atoms with van der Waals surface area (Å²) in [4.78, 5) is 14.4. The quantitative estimate of drug-likeness (QED) is 0.908. The lowest BCUT2D eigenvalue weighted by atomic mass is 10.1. The molecule has 1 aromatic heterocycles. The van der Waals surface area contributed by atoms with E-state index in [0.29, 0.717) is 12.5 Å². The minimum Gasteiger partial charge on any atom is -0.461 e. The van der Waals surface area contributed by atoms with Crippen molar-refractivity contribution < 1.29 is 4.74 Å². The summed E-state index contributed by atoms with van der Waals surface area (Å²) in [7, 11) is 1.92. The van der Waals surface area contributed by atoms with Crippen molar-refractivity contribution in [2.24, 2.45) is 0 Å². The minimum atomic E-state index is -0.0127. The van der Waals surface area contributed by atoms with Crippen LogP contribution in [0.3, 0.4) is 0 Å². The van der Waals surface area contributed by atoms with Crippen LogP contribution in [0.15, 0.2) is 24.3 Å². The lowest BCUT2D eigenvalue weighted by Crippen LogP contribution is -2.21. The Kier molecular flexibility index (Phi) is 4.57. The van der Waals surface area contributed by atoms with Gasteiger partial charge in [0.2, 0.25) is 11.9 Å². The highest BCUT2D eigenvalue weighted by Gasteiger charge is 2.12. The smallest absolute Gasteiger partial charge is 0.323 e. The van der Waals surface area contributed by atoms with Gasteiger partial charge in [-0.15, -0.1) is 0 Å².